The van der Waals surface area contributed by atoms with Crippen LogP contribution in [-0.2, 0) is 22.0 Å². The lowest BCUT2D eigenvalue weighted by Crippen LogP contribution is -2.51. The van der Waals surface area contributed by atoms with Crippen molar-refractivity contribution in [1.82, 2.24) is 15.3 Å². The predicted molar refractivity (Wildman–Crippen MR) is 107 cm³/mol. The van der Waals surface area contributed by atoms with Crippen LogP contribution in [0.15, 0.2) is 30.3 Å². The first-order valence-corrected chi connectivity index (χ1v) is 9.87. The number of aromatic nitrogens is 2. The van der Waals surface area contributed by atoms with Gasteiger partial charge in [-0.25, -0.2) is 9.97 Å². The fourth-order valence-electron chi connectivity index (χ4n) is 5.26. The molecule has 1 N–H and O–H groups in total. The Morgan fingerprint density at radius 3 is 2.28 bits per heavy atom. The number of hydrogen-bond donors (Lipinski definition) is 1. The maximum Gasteiger partial charge on any atom is 0.232 e. The molecular weight excluding hydrogens is 362 g/mol. The number of nitrogens with one attached hydrogen (secondary N) is 1. The Balaban J connectivity index is 1.72. The normalized spacial score (nSPS) is 25.7. The standard InChI is InChI=1S/C23H23N5O/c1-21(2)22(3)10-11-23(21,19-18(22)27-16(13-24)17(14-25)28-19)20(29)26-12-9-15-7-5-4-6-8-15/h4-8H,9-12H2,1-3H3,(H,26,29). The molecule has 0 aliphatic heterocycles. The van der Waals surface area contributed by atoms with Crippen LogP contribution in [0.3, 0.4) is 0 Å². The number of fused-ring (bicyclic) bond motifs is 5. The highest BCUT2D eigenvalue weighted by Gasteiger charge is 2.73. The van der Waals surface area contributed by atoms with Gasteiger partial charge in [0, 0.05) is 12.0 Å². The summed E-state index contributed by atoms with van der Waals surface area (Å²) in [5.74, 6) is -0.0659. The van der Waals surface area contributed by atoms with E-state index in [-0.39, 0.29) is 22.7 Å². The maximum atomic E-state index is 13.6. The third-order valence-electron chi connectivity index (χ3n) is 7.41. The van der Waals surface area contributed by atoms with Crippen LogP contribution in [0.5, 0.6) is 0 Å². The van der Waals surface area contributed by atoms with Crippen molar-refractivity contribution in [2.24, 2.45) is 5.41 Å². The summed E-state index contributed by atoms with van der Waals surface area (Å²) >= 11 is 0. The van der Waals surface area contributed by atoms with Crippen LogP contribution in [0.25, 0.3) is 0 Å². The molecule has 2 aromatic rings. The van der Waals surface area contributed by atoms with Crippen molar-refractivity contribution in [3.8, 4) is 12.1 Å². The minimum absolute atomic E-state index is 0.00494. The first-order valence-electron chi connectivity index (χ1n) is 9.87. The third-order valence-corrected chi connectivity index (χ3v) is 7.41. The van der Waals surface area contributed by atoms with Crippen LogP contribution in [0.4, 0.5) is 0 Å². The molecule has 2 aliphatic carbocycles. The first-order chi connectivity index (χ1) is 13.8. The van der Waals surface area contributed by atoms with Crippen molar-refractivity contribution < 1.29 is 4.79 Å². The lowest BCUT2D eigenvalue weighted by atomic mass is 9.63. The first kappa shape index (κ1) is 19.1. The van der Waals surface area contributed by atoms with Crippen molar-refractivity contribution in [2.75, 3.05) is 6.54 Å². The topological polar surface area (TPSA) is 102 Å². The smallest absolute Gasteiger partial charge is 0.232 e. The quantitative estimate of drug-likeness (QED) is 0.872. The maximum absolute atomic E-state index is 13.6. The second kappa shape index (κ2) is 6.39. The fraction of sp³-hybridized carbons (Fsp3) is 0.435. The van der Waals surface area contributed by atoms with Gasteiger partial charge in [-0.05, 0) is 30.2 Å². The minimum Gasteiger partial charge on any atom is -0.355 e. The Hall–Kier alpha value is -3.25. The van der Waals surface area contributed by atoms with Crippen LogP contribution in [0.2, 0.25) is 0 Å². The van der Waals surface area contributed by atoms with E-state index in [1.54, 1.807) is 0 Å². The van der Waals surface area contributed by atoms with Crippen molar-refractivity contribution in [2.45, 2.75) is 50.9 Å². The zero-order valence-corrected chi connectivity index (χ0v) is 16.9. The zero-order chi connectivity index (χ0) is 20.9. The summed E-state index contributed by atoms with van der Waals surface area (Å²) < 4.78 is 0. The highest BCUT2D eigenvalue weighted by molar-refractivity contribution is 5.92. The number of nitriles is 2. The lowest BCUT2D eigenvalue weighted by molar-refractivity contribution is -0.130. The summed E-state index contributed by atoms with van der Waals surface area (Å²) in [6.45, 7) is 6.79. The van der Waals surface area contributed by atoms with Gasteiger partial charge < -0.3 is 5.32 Å². The second-order valence-corrected chi connectivity index (χ2v) is 8.70. The number of nitrogens with zero attached hydrogens (tertiary/aromatic N) is 4. The second-order valence-electron chi connectivity index (χ2n) is 8.70. The molecule has 1 amide bonds. The van der Waals surface area contributed by atoms with E-state index >= 15 is 0 Å². The summed E-state index contributed by atoms with van der Waals surface area (Å²) in [7, 11) is 0. The number of rotatable bonds is 4. The van der Waals surface area contributed by atoms with Crippen LogP contribution in [0, 0.1) is 28.1 Å². The summed E-state index contributed by atoms with van der Waals surface area (Å²) in [5.41, 5.74) is 0.820. The molecule has 2 unspecified atom stereocenters. The Morgan fingerprint density at radius 1 is 1.03 bits per heavy atom. The average Bonchev–Trinajstić information content (AvgIpc) is 3.02. The van der Waals surface area contributed by atoms with Gasteiger partial charge >= 0.3 is 0 Å². The highest BCUT2D eigenvalue weighted by Crippen LogP contribution is 2.70. The number of carbonyl (C=O) groups is 1. The van der Waals surface area contributed by atoms with Crippen molar-refractivity contribution in [1.29, 1.82) is 10.5 Å². The molecule has 2 bridgehead atoms. The van der Waals surface area contributed by atoms with Crippen LogP contribution in [0.1, 0.15) is 62.0 Å². The molecule has 0 spiro atoms. The van der Waals surface area contributed by atoms with Crippen LogP contribution >= 0.6 is 0 Å². The largest absolute Gasteiger partial charge is 0.355 e. The molecule has 1 saturated carbocycles. The average molecular weight is 385 g/mol. The summed E-state index contributed by atoms with van der Waals surface area (Å²) in [6, 6.07) is 14.0. The summed E-state index contributed by atoms with van der Waals surface area (Å²) in [5, 5.41) is 21.9. The molecule has 1 heterocycles. The van der Waals surface area contributed by atoms with Gasteiger partial charge in [0.15, 0.2) is 11.4 Å². The van der Waals surface area contributed by atoms with E-state index in [1.165, 1.54) is 0 Å². The molecule has 0 radical (unpaired) electrons. The van der Waals surface area contributed by atoms with Gasteiger partial charge in [0.2, 0.25) is 5.91 Å². The summed E-state index contributed by atoms with van der Waals surface area (Å²) in [6.07, 6.45) is 2.20. The van der Waals surface area contributed by atoms with Gasteiger partial charge in [0.05, 0.1) is 16.8 Å². The van der Waals surface area contributed by atoms with E-state index in [2.05, 4.69) is 36.1 Å². The van der Waals surface area contributed by atoms with Crippen molar-refractivity contribution in [3.05, 3.63) is 58.7 Å². The molecule has 146 valence electrons. The van der Waals surface area contributed by atoms with Gasteiger partial charge in [-0.2, -0.15) is 10.5 Å². The Kier molecular flexibility index (Phi) is 4.20. The Labute approximate surface area is 170 Å². The molecule has 1 fully saturated rings. The zero-order valence-electron chi connectivity index (χ0n) is 16.9. The van der Waals surface area contributed by atoms with Crippen molar-refractivity contribution in [3.63, 3.8) is 0 Å². The number of benzene rings is 1. The molecule has 1 aromatic carbocycles. The molecule has 0 saturated heterocycles. The van der Waals surface area contributed by atoms with Gasteiger partial charge in [-0.3, -0.25) is 4.79 Å². The SMILES string of the molecule is CC12CCC(C(=O)NCCc3ccccc3)(c3nc(C#N)c(C#N)nc31)C2(C)C. The molecule has 2 atom stereocenters. The van der Waals surface area contributed by atoms with E-state index < -0.39 is 10.8 Å². The van der Waals surface area contributed by atoms with Gasteiger partial charge in [-0.1, -0.05) is 51.1 Å². The van der Waals surface area contributed by atoms with E-state index in [0.29, 0.717) is 24.4 Å². The van der Waals surface area contributed by atoms with E-state index in [9.17, 15) is 15.3 Å². The van der Waals surface area contributed by atoms with E-state index in [4.69, 9.17) is 0 Å². The predicted octanol–water partition coefficient (Wildman–Crippen LogP) is 2.91. The van der Waals surface area contributed by atoms with Gasteiger partial charge in [0.1, 0.15) is 12.1 Å². The number of amides is 1. The molecule has 2 aliphatic rings. The van der Waals surface area contributed by atoms with Crippen LogP contribution in [-0.4, -0.2) is 22.4 Å². The molecule has 1 aromatic heterocycles. The highest BCUT2D eigenvalue weighted by atomic mass is 16.2. The number of carbonyl (C=O) groups excluding carboxylic acids is 1. The molecule has 4 rings (SSSR count). The minimum atomic E-state index is -0.847. The van der Waals surface area contributed by atoms with Crippen molar-refractivity contribution >= 4 is 5.91 Å². The molecular formula is C23H23N5O. The molecule has 6 nitrogen and oxygen atoms in total. The van der Waals surface area contributed by atoms with Gasteiger partial charge in [-0.15, -0.1) is 0 Å². The lowest BCUT2D eigenvalue weighted by Gasteiger charge is -2.39. The third kappa shape index (κ3) is 2.36. The Bertz CT molecular complexity index is 1080. The molecule has 29 heavy (non-hydrogen) atoms. The fourth-order valence-corrected chi connectivity index (χ4v) is 5.26. The van der Waals surface area contributed by atoms with E-state index in [0.717, 1.165) is 18.4 Å². The van der Waals surface area contributed by atoms with E-state index in [1.807, 2.05) is 42.5 Å². The Morgan fingerprint density at radius 2 is 1.66 bits per heavy atom. The monoisotopic (exact) mass is 385 g/mol. The van der Waals surface area contributed by atoms with Gasteiger partial charge in [0.25, 0.3) is 0 Å². The molecule has 6 heteroatoms. The van der Waals surface area contributed by atoms with Crippen LogP contribution < -0.4 is 5.32 Å². The number of hydrogen-bond acceptors (Lipinski definition) is 5. The summed E-state index contributed by atoms with van der Waals surface area (Å²) in [4.78, 5) is 22.6.